The molecule has 7 heteroatoms. The van der Waals surface area contributed by atoms with E-state index in [0.29, 0.717) is 28.5 Å². The molecule has 0 aliphatic carbocycles. The van der Waals surface area contributed by atoms with Crippen LogP contribution in [0.4, 0.5) is 27.5 Å². The van der Waals surface area contributed by atoms with E-state index in [0.717, 1.165) is 0 Å². The number of hydrogen-bond donors (Lipinski definition) is 4. The Morgan fingerprint density at radius 3 is 2.08 bits per heavy atom. The molecule has 0 saturated heterocycles. The average Bonchev–Trinajstić information content (AvgIpc) is 2.51. The molecule has 0 unspecified atom stereocenters. The zero-order valence-electron chi connectivity index (χ0n) is 13.2. The molecular formula is C17H19N5O2. The van der Waals surface area contributed by atoms with Gasteiger partial charge in [0.15, 0.2) is 0 Å². The van der Waals surface area contributed by atoms with Gasteiger partial charge >= 0.3 is 6.03 Å². The maximum Gasteiger partial charge on any atom is 0.325 e. The summed E-state index contributed by atoms with van der Waals surface area (Å²) in [5.74, 6) is -0.445. The standard InChI is InChI=1S/C17H19N5O2/c1-11(20-14-6-2-12(18)3-7-14)10-16(23)22-17(24)21-15-8-4-13(19)5-9-15/h2-9H,10,18-19H2,1H3,(H2,21,22,23,24). The van der Waals surface area contributed by atoms with E-state index in [2.05, 4.69) is 15.6 Å². The van der Waals surface area contributed by atoms with Crippen molar-refractivity contribution in [3.63, 3.8) is 0 Å². The Bertz CT molecular complexity index is 752. The number of rotatable bonds is 4. The van der Waals surface area contributed by atoms with E-state index in [1.165, 1.54) is 0 Å². The predicted molar refractivity (Wildman–Crippen MR) is 96.3 cm³/mol. The summed E-state index contributed by atoms with van der Waals surface area (Å²) >= 11 is 0. The second-order valence-corrected chi connectivity index (χ2v) is 5.24. The summed E-state index contributed by atoms with van der Waals surface area (Å²) in [6.45, 7) is 1.72. The molecule has 2 aromatic rings. The lowest BCUT2D eigenvalue weighted by molar-refractivity contribution is -0.118. The highest BCUT2D eigenvalue weighted by molar-refractivity contribution is 6.08. The maximum atomic E-state index is 11.9. The van der Waals surface area contributed by atoms with Crippen LogP contribution < -0.4 is 22.1 Å². The minimum atomic E-state index is -0.606. The number of carbonyl (C=O) groups is 2. The van der Waals surface area contributed by atoms with Gasteiger partial charge in [-0.3, -0.25) is 15.1 Å². The Hall–Kier alpha value is -3.35. The van der Waals surface area contributed by atoms with Crippen molar-refractivity contribution in [1.29, 1.82) is 0 Å². The van der Waals surface area contributed by atoms with Gasteiger partial charge in [0.1, 0.15) is 0 Å². The fourth-order valence-corrected chi connectivity index (χ4v) is 1.94. The molecule has 2 aromatic carbocycles. The molecule has 0 bridgehead atoms. The van der Waals surface area contributed by atoms with Crippen molar-refractivity contribution in [3.8, 4) is 0 Å². The topological polar surface area (TPSA) is 123 Å². The van der Waals surface area contributed by atoms with Gasteiger partial charge in [0, 0.05) is 22.8 Å². The third-order valence-corrected chi connectivity index (χ3v) is 3.05. The van der Waals surface area contributed by atoms with E-state index in [1.54, 1.807) is 55.5 Å². The van der Waals surface area contributed by atoms with Crippen molar-refractivity contribution in [1.82, 2.24) is 5.32 Å². The number of amides is 3. The Morgan fingerprint density at radius 2 is 1.50 bits per heavy atom. The summed E-state index contributed by atoms with van der Waals surface area (Å²) in [6, 6.07) is 13.0. The molecule has 0 fully saturated rings. The SMILES string of the molecule is CC(CC(=O)NC(=O)Nc1ccc(N)cc1)=Nc1ccc(N)cc1. The van der Waals surface area contributed by atoms with Crippen LogP contribution in [-0.4, -0.2) is 17.6 Å². The van der Waals surface area contributed by atoms with Crippen LogP contribution in [0.15, 0.2) is 53.5 Å². The van der Waals surface area contributed by atoms with E-state index in [9.17, 15) is 9.59 Å². The van der Waals surface area contributed by atoms with Crippen LogP contribution in [-0.2, 0) is 4.79 Å². The minimum Gasteiger partial charge on any atom is -0.399 e. The lowest BCUT2D eigenvalue weighted by atomic mass is 10.2. The van der Waals surface area contributed by atoms with Crippen LogP contribution in [0, 0.1) is 0 Å². The highest BCUT2D eigenvalue weighted by Crippen LogP contribution is 2.15. The number of aliphatic imine (C=N–C) groups is 1. The summed E-state index contributed by atoms with van der Waals surface area (Å²) in [7, 11) is 0. The fourth-order valence-electron chi connectivity index (χ4n) is 1.94. The summed E-state index contributed by atoms with van der Waals surface area (Å²) in [5, 5.41) is 4.80. The molecule has 7 nitrogen and oxygen atoms in total. The first-order valence-corrected chi connectivity index (χ1v) is 7.28. The highest BCUT2D eigenvalue weighted by Gasteiger charge is 2.09. The second-order valence-electron chi connectivity index (χ2n) is 5.24. The summed E-state index contributed by atoms with van der Waals surface area (Å²) in [6.07, 6.45) is 0.0134. The molecule has 124 valence electrons. The smallest absolute Gasteiger partial charge is 0.325 e. The first-order valence-electron chi connectivity index (χ1n) is 7.28. The summed E-state index contributed by atoms with van der Waals surface area (Å²) in [5.41, 5.74) is 14.2. The molecule has 0 spiro atoms. The van der Waals surface area contributed by atoms with Crippen molar-refractivity contribution in [2.24, 2.45) is 4.99 Å². The molecule has 0 aromatic heterocycles. The molecule has 0 aliphatic rings. The van der Waals surface area contributed by atoms with E-state index in [1.807, 2.05) is 0 Å². The number of anilines is 3. The van der Waals surface area contributed by atoms with E-state index < -0.39 is 11.9 Å². The normalized spacial score (nSPS) is 11.0. The van der Waals surface area contributed by atoms with Gasteiger partial charge in [-0.1, -0.05) is 0 Å². The Labute approximate surface area is 139 Å². The summed E-state index contributed by atoms with van der Waals surface area (Å²) in [4.78, 5) is 27.9. The predicted octanol–water partition coefficient (Wildman–Crippen LogP) is 2.68. The minimum absolute atomic E-state index is 0.0134. The van der Waals surface area contributed by atoms with Crippen LogP contribution in [0.2, 0.25) is 0 Å². The molecular weight excluding hydrogens is 306 g/mol. The quantitative estimate of drug-likeness (QED) is 0.510. The maximum absolute atomic E-state index is 11.9. The average molecular weight is 325 g/mol. The molecule has 2 rings (SSSR count). The Kier molecular flexibility index (Phi) is 5.51. The van der Waals surface area contributed by atoms with Gasteiger partial charge in [-0.05, 0) is 55.5 Å². The molecule has 0 heterocycles. The molecule has 0 atom stereocenters. The number of hydrogen-bond acceptors (Lipinski definition) is 5. The third kappa shape index (κ3) is 5.45. The van der Waals surface area contributed by atoms with Crippen molar-refractivity contribution in [2.45, 2.75) is 13.3 Å². The number of nitrogens with zero attached hydrogens (tertiary/aromatic N) is 1. The molecule has 3 amide bonds. The van der Waals surface area contributed by atoms with Crippen LogP contribution in [0.3, 0.4) is 0 Å². The number of nitrogen functional groups attached to an aromatic ring is 2. The van der Waals surface area contributed by atoms with Crippen molar-refractivity contribution in [2.75, 3.05) is 16.8 Å². The first kappa shape index (κ1) is 17.0. The van der Waals surface area contributed by atoms with E-state index >= 15 is 0 Å². The zero-order valence-corrected chi connectivity index (χ0v) is 13.2. The lowest BCUT2D eigenvalue weighted by Crippen LogP contribution is -2.35. The van der Waals surface area contributed by atoms with Gasteiger partial charge < -0.3 is 16.8 Å². The number of urea groups is 1. The van der Waals surface area contributed by atoms with Gasteiger partial charge in [-0.2, -0.15) is 0 Å². The number of nitrogens with two attached hydrogens (primary N) is 2. The second kappa shape index (κ2) is 7.77. The van der Waals surface area contributed by atoms with Gasteiger partial charge in [0.2, 0.25) is 5.91 Å². The van der Waals surface area contributed by atoms with Gasteiger partial charge in [-0.25, -0.2) is 4.79 Å². The van der Waals surface area contributed by atoms with Gasteiger partial charge in [-0.15, -0.1) is 0 Å². The van der Waals surface area contributed by atoms with Crippen LogP contribution in [0.1, 0.15) is 13.3 Å². The van der Waals surface area contributed by atoms with Crippen molar-refractivity contribution < 1.29 is 9.59 Å². The molecule has 6 N–H and O–H groups in total. The van der Waals surface area contributed by atoms with Crippen LogP contribution in [0.5, 0.6) is 0 Å². The number of carbonyl (C=O) groups excluding carboxylic acids is 2. The monoisotopic (exact) mass is 325 g/mol. The molecule has 0 radical (unpaired) electrons. The zero-order chi connectivity index (χ0) is 17.5. The van der Waals surface area contributed by atoms with E-state index in [4.69, 9.17) is 11.5 Å². The van der Waals surface area contributed by atoms with Crippen molar-refractivity contribution >= 4 is 40.4 Å². The van der Waals surface area contributed by atoms with Gasteiger partial charge in [0.25, 0.3) is 0 Å². The molecule has 24 heavy (non-hydrogen) atoms. The lowest BCUT2D eigenvalue weighted by Gasteiger charge is -2.07. The fraction of sp³-hybridized carbons (Fsp3) is 0.118. The Morgan fingerprint density at radius 1 is 0.958 bits per heavy atom. The van der Waals surface area contributed by atoms with Crippen LogP contribution in [0.25, 0.3) is 0 Å². The molecule has 0 saturated carbocycles. The number of benzene rings is 2. The van der Waals surface area contributed by atoms with Crippen LogP contribution >= 0.6 is 0 Å². The summed E-state index contributed by atoms with van der Waals surface area (Å²) < 4.78 is 0. The van der Waals surface area contributed by atoms with E-state index in [-0.39, 0.29) is 6.42 Å². The number of nitrogens with one attached hydrogen (secondary N) is 2. The number of imide groups is 1. The largest absolute Gasteiger partial charge is 0.399 e. The first-order chi connectivity index (χ1) is 11.4. The third-order valence-electron chi connectivity index (χ3n) is 3.05. The van der Waals surface area contributed by atoms with Crippen molar-refractivity contribution in [3.05, 3.63) is 48.5 Å². The van der Waals surface area contributed by atoms with Gasteiger partial charge in [0.05, 0.1) is 12.1 Å². The Balaban J connectivity index is 1.86. The molecule has 0 aliphatic heterocycles. The highest BCUT2D eigenvalue weighted by atomic mass is 16.2.